The Morgan fingerprint density at radius 2 is 2.07 bits per heavy atom. The van der Waals surface area contributed by atoms with E-state index in [1.54, 1.807) is 0 Å². The molecule has 0 heterocycles. The molecular formula is C10H22N2O2. The molecule has 0 fully saturated rings. The van der Waals surface area contributed by atoms with Crippen LogP contribution in [-0.4, -0.2) is 29.7 Å². The topological polar surface area (TPSA) is 75.4 Å². The van der Waals surface area contributed by atoms with Gasteiger partial charge >= 0.3 is 0 Å². The predicted octanol–water partition coefficient (Wildman–Crippen LogP) is 0.247. The number of rotatable bonds is 6. The van der Waals surface area contributed by atoms with Gasteiger partial charge in [-0.2, -0.15) is 0 Å². The fourth-order valence-electron chi connectivity index (χ4n) is 1.15. The van der Waals surface area contributed by atoms with Crippen molar-refractivity contribution in [2.75, 3.05) is 6.61 Å². The van der Waals surface area contributed by atoms with Crippen molar-refractivity contribution >= 4 is 5.91 Å². The zero-order chi connectivity index (χ0) is 11.1. The van der Waals surface area contributed by atoms with E-state index in [2.05, 4.69) is 5.32 Å². The van der Waals surface area contributed by atoms with E-state index in [4.69, 9.17) is 10.8 Å². The molecule has 4 heteroatoms. The third-order valence-electron chi connectivity index (χ3n) is 2.27. The van der Waals surface area contributed by atoms with Gasteiger partial charge in [0.1, 0.15) is 0 Å². The van der Waals surface area contributed by atoms with Crippen LogP contribution in [0.3, 0.4) is 0 Å². The lowest BCUT2D eigenvalue weighted by Gasteiger charge is -2.21. The summed E-state index contributed by atoms with van der Waals surface area (Å²) in [5.41, 5.74) is 5.64. The Morgan fingerprint density at radius 1 is 1.50 bits per heavy atom. The summed E-state index contributed by atoms with van der Waals surface area (Å²) in [7, 11) is 0. The van der Waals surface area contributed by atoms with Crippen molar-refractivity contribution < 1.29 is 9.90 Å². The number of carbonyl (C=O) groups excluding carboxylic acids is 1. The number of amides is 1. The third-order valence-corrected chi connectivity index (χ3v) is 2.27. The van der Waals surface area contributed by atoms with Crippen molar-refractivity contribution in [1.29, 1.82) is 0 Å². The SMILES string of the molecule is CCC[C@@H](N)C(=O)N[C@H](CO)C(C)C. The van der Waals surface area contributed by atoms with Crippen molar-refractivity contribution in [2.45, 2.75) is 45.7 Å². The first-order valence-corrected chi connectivity index (χ1v) is 5.19. The number of nitrogens with one attached hydrogen (secondary N) is 1. The van der Waals surface area contributed by atoms with Crippen molar-refractivity contribution in [3.05, 3.63) is 0 Å². The molecule has 0 aliphatic carbocycles. The highest BCUT2D eigenvalue weighted by molar-refractivity contribution is 5.81. The van der Waals surface area contributed by atoms with Gasteiger partial charge in [-0.25, -0.2) is 0 Å². The van der Waals surface area contributed by atoms with E-state index in [0.29, 0.717) is 6.42 Å². The molecule has 84 valence electrons. The van der Waals surface area contributed by atoms with Gasteiger partial charge in [-0.05, 0) is 12.3 Å². The first-order chi connectivity index (χ1) is 6.52. The van der Waals surface area contributed by atoms with Gasteiger partial charge < -0.3 is 16.2 Å². The molecule has 0 aliphatic heterocycles. The number of aliphatic hydroxyl groups excluding tert-OH is 1. The zero-order valence-electron chi connectivity index (χ0n) is 9.29. The number of nitrogens with two attached hydrogens (primary N) is 1. The highest BCUT2D eigenvalue weighted by Gasteiger charge is 2.18. The minimum atomic E-state index is -0.451. The first kappa shape index (κ1) is 13.4. The standard InChI is InChI=1S/C10H22N2O2/c1-4-5-8(11)10(14)12-9(6-13)7(2)3/h7-9,13H,4-6,11H2,1-3H3,(H,12,14)/t8-,9-/m1/s1. The van der Waals surface area contributed by atoms with Crippen LogP contribution in [0.25, 0.3) is 0 Å². The predicted molar refractivity (Wildman–Crippen MR) is 56.7 cm³/mol. The van der Waals surface area contributed by atoms with Gasteiger partial charge in [0.05, 0.1) is 18.7 Å². The van der Waals surface area contributed by atoms with Gasteiger partial charge in [0, 0.05) is 0 Å². The quantitative estimate of drug-likeness (QED) is 0.578. The van der Waals surface area contributed by atoms with Crippen LogP contribution in [0.5, 0.6) is 0 Å². The molecule has 0 aromatic rings. The molecule has 0 radical (unpaired) electrons. The Bertz CT molecular complexity index is 172. The van der Waals surface area contributed by atoms with Crippen LogP contribution in [0.1, 0.15) is 33.6 Å². The third kappa shape index (κ3) is 4.58. The molecule has 4 nitrogen and oxygen atoms in total. The van der Waals surface area contributed by atoms with Crippen LogP contribution >= 0.6 is 0 Å². The normalized spacial score (nSPS) is 15.3. The number of carbonyl (C=O) groups is 1. The van der Waals surface area contributed by atoms with Gasteiger partial charge in [0.25, 0.3) is 0 Å². The van der Waals surface area contributed by atoms with Gasteiger partial charge in [-0.3, -0.25) is 4.79 Å². The van der Waals surface area contributed by atoms with E-state index in [0.717, 1.165) is 6.42 Å². The summed E-state index contributed by atoms with van der Waals surface area (Å²) in [5, 5.41) is 11.7. The van der Waals surface area contributed by atoms with Gasteiger partial charge in [-0.1, -0.05) is 27.2 Å². The molecular weight excluding hydrogens is 180 g/mol. The Kier molecular flexibility index (Phi) is 6.49. The Labute approximate surface area is 85.9 Å². The van der Waals surface area contributed by atoms with E-state index in [9.17, 15) is 4.79 Å². The lowest BCUT2D eigenvalue weighted by molar-refractivity contribution is -0.123. The fraction of sp³-hybridized carbons (Fsp3) is 0.900. The summed E-state index contributed by atoms with van der Waals surface area (Å²) in [6, 6.07) is -0.641. The monoisotopic (exact) mass is 202 g/mol. The fourth-order valence-corrected chi connectivity index (χ4v) is 1.15. The molecule has 0 saturated carbocycles. The molecule has 0 spiro atoms. The molecule has 0 saturated heterocycles. The molecule has 0 aromatic heterocycles. The summed E-state index contributed by atoms with van der Waals surface area (Å²) in [5.74, 6) is 0.0531. The van der Waals surface area contributed by atoms with Gasteiger partial charge in [0.15, 0.2) is 0 Å². The van der Waals surface area contributed by atoms with Crippen LogP contribution in [0.15, 0.2) is 0 Å². The van der Waals surface area contributed by atoms with Crippen LogP contribution in [-0.2, 0) is 4.79 Å². The average molecular weight is 202 g/mol. The van der Waals surface area contributed by atoms with Crippen LogP contribution in [0.4, 0.5) is 0 Å². The van der Waals surface area contributed by atoms with E-state index < -0.39 is 6.04 Å². The van der Waals surface area contributed by atoms with E-state index >= 15 is 0 Å². The van der Waals surface area contributed by atoms with Crippen molar-refractivity contribution in [3.63, 3.8) is 0 Å². The lowest BCUT2D eigenvalue weighted by Crippen LogP contribution is -2.48. The second-order valence-electron chi connectivity index (χ2n) is 3.94. The van der Waals surface area contributed by atoms with Crippen molar-refractivity contribution in [3.8, 4) is 0 Å². The maximum absolute atomic E-state index is 11.5. The van der Waals surface area contributed by atoms with Crippen molar-refractivity contribution in [1.82, 2.24) is 5.32 Å². The summed E-state index contributed by atoms with van der Waals surface area (Å²) in [4.78, 5) is 11.5. The minimum Gasteiger partial charge on any atom is -0.394 e. The molecule has 0 bridgehead atoms. The molecule has 1 amide bonds. The molecule has 0 aliphatic rings. The Balaban J connectivity index is 4.01. The highest BCUT2D eigenvalue weighted by Crippen LogP contribution is 2.01. The molecule has 0 unspecified atom stereocenters. The molecule has 14 heavy (non-hydrogen) atoms. The van der Waals surface area contributed by atoms with Crippen LogP contribution in [0.2, 0.25) is 0 Å². The maximum atomic E-state index is 11.5. The van der Waals surface area contributed by atoms with Crippen LogP contribution < -0.4 is 11.1 Å². The second kappa shape index (κ2) is 6.79. The first-order valence-electron chi connectivity index (χ1n) is 5.19. The summed E-state index contributed by atoms with van der Waals surface area (Å²) < 4.78 is 0. The molecule has 0 aromatic carbocycles. The summed E-state index contributed by atoms with van der Waals surface area (Å²) in [6.07, 6.45) is 1.57. The highest BCUT2D eigenvalue weighted by atomic mass is 16.3. The maximum Gasteiger partial charge on any atom is 0.237 e. The molecule has 4 N–H and O–H groups in total. The zero-order valence-corrected chi connectivity index (χ0v) is 9.29. The van der Waals surface area contributed by atoms with E-state index in [-0.39, 0.29) is 24.5 Å². The number of hydrogen-bond acceptors (Lipinski definition) is 3. The molecule has 2 atom stereocenters. The van der Waals surface area contributed by atoms with E-state index in [1.807, 2.05) is 20.8 Å². The van der Waals surface area contributed by atoms with E-state index in [1.165, 1.54) is 0 Å². The lowest BCUT2D eigenvalue weighted by atomic mass is 10.0. The number of hydrogen-bond donors (Lipinski definition) is 3. The smallest absolute Gasteiger partial charge is 0.237 e. The summed E-state index contributed by atoms with van der Waals surface area (Å²) >= 11 is 0. The van der Waals surface area contributed by atoms with Gasteiger partial charge in [0.2, 0.25) is 5.91 Å². The van der Waals surface area contributed by atoms with Crippen molar-refractivity contribution in [2.24, 2.45) is 11.7 Å². The Hall–Kier alpha value is -0.610. The van der Waals surface area contributed by atoms with Crippen LogP contribution in [0, 0.1) is 5.92 Å². The minimum absolute atomic E-state index is 0.0394. The number of aliphatic hydroxyl groups is 1. The average Bonchev–Trinajstić information content (AvgIpc) is 2.13. The summed E-state index contributed by atoms with van der Waals surface area (Å²) in [6.45, 7) is 5.85. The van der Waals surface area contributed by atoms with Gasteiger partial charge in [-0.15, -0.1) is 0 Å². The molecule has 0 rings (SSSR count). The largest absolute Gasteiger partial charge is 0.394 e. The second-order valence-corrected chi connectivity index (χ2v) is 3.94. The Morgan fingerprint density at radius 3 is 2.43 bits per heavy atom.